The first kappa shape index (κ1) is 17.7. The monoisotopic (exact) mass is 356 g/mol. The van der Waals surface area contributed by atoms with Gasteiger partial charge in [-0.05, 0) is 42.7 Å². The molecule has 2 amide bonds. The molecule has 3 rings (SSSR count). The molecule has 132 valence electrons. The molecule has 2 N–H and O–H groups in total. The molecule has 25 heavy (non-hydrogen) atoms. The Balaban J connectivity index is 1.55. The van der Waals surface area contributed by atoms with Crippen LogP contribution in [0.2, 0.25) is 0 Å². The van der Waals surface area contributed by atoms with Gasteiger partial charge in [-0.15, -0.1) is 11.8 Å². The smallest absolute Gasteiger partial charge is 0.319 e. The fourth-order valence-corrected chi connectivity index (χ4v) is 4.28. The average molecular weight is 356 g/mol. The summed E-state index contributed by atoms with van der Waals surface area (Å²) in [6.45, 7) is 0.480. The van der Waals surface area contributed by atoms with Crippen molar-refractivity contribution < 1.29 is 9.53 Å². The van der Waals surface area contributed by atoms with Crippen LogP contribution in [0.25, 0.3) is 0 Å². The number of methoxy groups -OCH3 is 1. The minimum atomic E-state index is -0.185. The zero-order chi connectivity index (χ0) is 17.5. The zero-order valence-corrected chi connectivity index (χ0v) is 15.3. The number of nitrogens with one attached hydrogen (secondary N) is 2. The molecule has 1 fully saturated rings. The van der Waals surface area contributed by atoms with Crippen LogP contribution in [0.3, 0.4) is 0 Å². The van der Waals surface area contributed by atoms with E-state index in [9.17, 15) is 4.79 Å². The third-order valence-electron chi connectivity index (χ3n) is 4.34. The lowest BCUT2D eigenvalue weighted by atomic mass is 10.2. The number of urea groups is 1. The quantitative estimate of drug-likeness (QED) is 0.761. The van der Waals surface area contributed by atoms with E-state index in [1.165, 1.54) is 25.7 Å². The fraction of sp³-hybridized carbons (Fsp3) is 0.350. The summed E-state index contributed by atoms with van der Waals surface area (Å²) in [5.41, 5.74) is 1.91. The van der Waals surface area contributed by atoms with Crippen LogP contribution in [0, 0.1) is 0 Å². The number of rotatable bonds is 6. The number of ether oxygens (including phenoxy) is 1. The highest BCUT2D eigenvalue weighted by Crippen LogP contribution is 2.37. The minimum Gasteiger partial charge on any atom is -0.497 e. The Morgan fingerprint density at radius 3 is 2.56 bits per heavy atom. The number of para-hydroxylation sites is 1. The van der Waals surface area contributed by atoms with Crippen molar-refractivity contribution in [3.05, 3.63) is 54.1 Å². The lowest BCUT2D eigenvalue weighted by Crippen LogP contribution is -2.28. The Labute approximate surface area is 153 Å². The summed E-state index contributed by atoms with van der Waals surface area (Å²) < 4.78 is 5.14. The second-order valence-corrected chi connectivity index (χ2v) is 7.52. The molecule has 1 saturated carbocycles. The third-order valence-corrected chi connectivity index (χ3v) is 5.76. The van der Waals surface area contributed by atoms with Gasteiger partial charge in [-0.25, -0.2) is 4.79 Å². The first-order valence-corrected chi connectivity index (χ1v) is 9.56. The molecule has 4 nitrogen and oxygen atoms in total. The molecular formula is C20H24N2O2S. The summed E-state index contributed by atoms with van der Waals surface area (Å²) in [7, 11) is 1.64. The molecule has 1 aliphatic carbocycles. The Morgan fingerprint density at radius 1 is 1.12 bits per heavy atom. The summed E-state index contributed by atoms with van der Waals surface area (Å²) in [5.74, 6) is 0.811. The number of hydrogen-bond donors (Lipinski definition) is 2. The van der Waals surface area contributed by atoms with Gasteiger partial charge in [0, 0.05) is 16.7 Å². The topological polar surface area (TPSA) is 50.4 Å². The first-order chi connectivity index (χ1) is 12.2. The van der Waals surface area contributed by atoms with Gasteiger partial charge in [0.15, 0.2) is 0 Å². The SMILES string of the molecule is COc1ccc(CNC(=O)Nc2ccccc2SC2CCCC2)cc1. The molecule has 0 spiro atoms. The van der Waals surface area contributed by atoms with Crippen molar-refractivity contribution in [3.8, 4) is 5.75 Å². The summed E-state index contributed by atoms with van der Waals surface area (Å²) in [6.07, 6.45) is 5.16. The second kappa shape index (κ2) is 8.81. The average Bonchev–Trinajstić information content (AvgIpc) is 3.15. The zero-order valence-electron chi connectivity index (χ0n) is 14.5. The molecule has 1 aliphatic rings. The van der Waals surface area contributed by atoms with Gasteiger partial charge in [-0.2, -0.15) is 0 Å². The van der Waals surface area contributed by atoms with Gasteiger partial charge < -0.3 is 15.4 Å². The van der Waals surface area contributed by atoms with E-state index in [-0.39, 0.29) is 6.03 Å². The lowest BCUT2D eigenvalue weighted by Gasteiger charge is -2.14. The van der Waals surface area contributed by atoms with Crippen LogP contribution in [0.15, 0.2) is 53.4 Å². The van der Waals surface area contributed by atoms with Crippen LogP contribution in [0.4, 0.5) is 10.5 Å². The molecule has 0 bridgehead atoms. The maximum atomic E-state index is 12.2. The highest BCUT2D eigenvalue weighted by Gasteiger charge is 2.18. The molecule has 0 unspecified atom stereocenters. The van der Waals surface area contributed by atoms with E-state index < -0.39 is 0 Å². The molecular weight excluding hydrogens is 332 g/mol. The Hall–Kier alpha value is -2.14. The first-order valence-electron chi connectivity index (χ1n) is 8.68. The molecule has 0 saturated heterocycles. The molecule has 2 aromatic rings. The number of anilines is 1. The van der Waals surface area contributed by atoms with Crippen LogP contribution in [-0.4, -0.2) is 18.4 Å². The third kappa shape index (κ3) is 5.16. The molecule has 0 atom stereocenters. The predicted molar refractivity (Wildman–Crippen MR) is 103 cm³/mol. The van der Waals surface area contributed by atoms with Gasteiger partial charge in [-0.1, -0.05) is 37.1 Å². The van der Waals surface area contributed by atoms with Crippen molar-refractivity contribution in [2.75, 3.05) is 12.4 Å². The number of hydrogen-bond acceptors (Lipinski definition) is 3. The molecule has 2 aromatic carbocycles. The predicted octanol–water partition coefficient (Wildman–Crippen LogP) is 5.05. The molecule has 0 aliphatic heterocycles. The molecule has 0 radical (unpaired) electrons. The molecule has 5 heteroatoms. The number of carbonyl (C=O) groups is 1. The van der Waals surface area contributed by atoms with Crippen molar-refractivity contribution in [2.45, 2.75) is 42.4 Å². The largest absolute Gasteiger partial charge is 0.497 e. The Morgan fingerprint density at radius 2 is 1.84 bits per heavy atom. The second-order valence-electron chi connectivity index (χ2n) is 6.18. The van der Waals surface area contributed by atoms with Crippen molar-refractivity contribution >= 4 is 23.5 Å². The maximum Gasteiger partial charge on any atom is 0.319 e. The Bertz CT molecular complexity index is 697. The van der Waals surface area contributed by atoms with Gasteiger partial charge in [0.1, 0.15) is 5.75 Å². The standard InChI is InChI=1S/C20H24N2O2S/c1-24-16-12-10-15(11-13-16)14-21-20(23)22-18-8-4-5-9-19(18)25-17-6-2-3-7-17/h4-5,8-13,17H,2-3,6-7,14H2,1H3,(H2,21,22,23). The number of amides is 2. The highest BCUT2D eigenvalue weighted by atomic mass is 32.2. The normalized spacial score (nSPS) is 14.3. The van der Waals surface area contributed by atoms with Crippen molar-refractivity contribution in [1.29, 1.82) is 0 Å². The van der Waals surface area contributed by atoms with Gasteiger partial charge in [0.05, 0.1) is 12.8 Å². The van der Waals surface area contributed by atoms with Crippen molar-refractivity contribution in [1.82, 2.24) is 5.32 Å². The number of carbonyl (C=O) groups excluding carboxylic acids is 1. The maximum absolute atomic E-state index is 12.2. The number of benzene rings is 2. The van der Waals surface area contributed by atoms with Gasteiger partial charge >= 0.3 is 6.03 Å². The Kier molecular flexibility index (Phi) is 6.23. The summed E-state index contributed by atoms with van der Waals surface area (Å²) in [4.78, 5) is 13.4. The van der Waals surface area contributed by atoms with E-state index in [1.54, 1.807) is 7.11 Å². The fourth-order valence-electron chi connectivity index (χ4n) is 2.95. The van der Waals surface area contributed by atoms with E-state index >= 15 is 0 Å². The van der Waals surface area contributed by atoms with E-state index in [2.05, 4.69) is 16.7 Å². The van der Waals surface area contributed by atoms with Crippen LogP contribution >= 0.6 is 11.8 Å². The van der Waals surface area contributed by atoms with Crippen molar-refractivity contribution in [3.63, 3.8) is 0 Å². The van der Waals surface area contributed by atoms with E-state index in [1.807, 2.05) is 54.2 Å². The summed E-state index contributed by atoms with van der Waals surface area (Å²) >= 11 is 1.88. The summed E-state index contributed by atoms with van der Waals surface area (Å²) in [5, 5.41) is 6.56. The van der Waals surface area contributed by atoms with Crippen LogP contribution in [0.1, 0.15) is 31.2 Å². The van der Waals surface area contributed by atoms with Gasteiger partial charge in [0.2, 0.25) is 0 Å². The van der Waals surface area contributed by atoms with E-state index in [0.29, 0.717) is 11.8 Å². The van der Waals surface area contributed by atoms with Gasteiger partial charge in [-0.3, -0.25) is 0 Å². The minimum absolute atomic E-state index is 0.185. The highest BCUT2D eigenvalue weighted by molar-refractivity contribution is 8.00. The van der Waals surface area contributed by atoms with Gasteiger partial charge in [0.25, 0.3) is 0 Å². The van der Waals surface area contributed by atoms with Crippen LogP contribution < -0.4 is 15.4 Å². The van der Waals surface area contributed by atoms with E-state index in [0.717, 1.165) is 21.9 Å². The van der Waals surface area contributed by atoms with Crippen LogP contribution in [0.5, 0.6) is 5.75 Å². The lowest BCUT2D eigenvalue weighted by molar-refractivity contribution is 0.251. The van der Waals surface area contributed by atoms with E-state index in [4.69, 9.17) is 4.74 Å². The molecule has 0 heterocycles. The summed E-state index contributed by atoms with van der Waals surface area (Å²) in [6, 6.07) is 15.5. The van der Waals surface area contributed by atoms with Crippen LogP contribution in [-0.2, 0) is 6.54 Å². The molecule has 0 aromatic heterocycles. The number of thioether (sulfide) groups is 1. The van der Waals surface area contributed by atoms with Crippen molar-refractivity contribution in [2.24, 2.45) is 0 Å².